The molecule has 0 radical (unpaired) electrons. The first kappa shape index (κ1) is 18.7. The Morgan fingerprint density at radius 2 is 1.93 bits per heavy atom. The normalized spacial score (nSPS) is 15.4. The van der Waals surface area contributed by atoms with E-state index in [9.17, 15) is 14.4 Å². The molecule has 0 aliphatic carbocycles. The fourth-order valence-corrected chi connectivity index (χ4v) is 3.45. The molecule has 0 spiro atoms. The van der Waals surface area contributed by atoms with Crippen molar-refractivity contribution in [2.24, 2.45) is 0 Å². The highest BCUT2D eigenvalue weighted by molar-refractivity contribution is 8.18. The molecule has 27 heavy (non-hydrogen) atoms. The van der Waals surface area contributed by atoms with Gasteiger partial charge in [0.2, 0.25) is 0 Å². The molecule has 0 saturated carbocycles. The number of aromatic carboxylic acids is 1. The van der Waals surface area contributed by atoms with E-state index in [2.05, 4.69) is 0 Å². The standard InChI is InChI=1S/C20H17NO5S/c1-2-21-18(22)17(27-20(21)25)11-13-6-8-16(9-7-13)26-12-14-4-3-5-15(10-14)19(23)24/h3-11H,2,12H2,1H3,(H,23,24). The van der Waals surface area contributed by atoms with Crippen molar-refractivity contribution in [2.45, 2.75) is 13.5 Å². The summed E-state index contributed by atoms with van der Waals surface area (Å²) >= 11 is 0.936. The number of ether oxygens (including phenoxy) is 1. The Morgan fingerprint density at radius 3 is 2.56 bits per heavy atom. The number of rotatable bonds is 6. The van der Waals surface area contributed by atoms with Crippen LogP contribution in [0.3, 0.4) is 0 Å². The number of imide groups is 1. The Kier molecular flexibility index (Phi) is 5.61. The molecule has 0 unspecified atom stereocenters. The summed E-state index contributed by atoms with van der Waals surface area (Å²) in [4.78, 5) is 36.4. The van der Waals surface area contributed by atoms with Gasteiger partial charge in [0.15, 0.2) is 0 Å². The number of thioether (sulfide) groups is 1. The summed E-state index contributed by atoms with van der Waals surface area (Å²) in [5.74, 6) is -0.630. The second-order valence-corrected chi connectivity index (χ2v) is 6.78. The van der Waals surface area contributed by atoms with E-state index in [1.54, 1.807) is 55.5 Å². The van der Waals surface area contributed by atoms with Crippen molar-refractivity contribution in [2.75, 3.05) is 6.54 Å². The summed E-state index contributed by atoms with van der Waals surface area (Å²) in [6.45, 7) is 2.37. The lowest BCUT2D eigenvalue weighted by Gasteiger charge is -2.08. The van der Waals surface area contributed by atoms with Gasteiger partial charge in [-0.15, -0.1) is 0 Å². The third-order valence-electron chi connectivity index (χ3n) is 3.95. The molecule has 2 aromatic carbocycles. The van der Waals surface area contributed by atoms with E-state index in [0.717, 1.165) is 22.9 Å². The van der Waals surface area contributed by atoms with Crippen LogP contribution in [0.15, 0.2) is 53.4 Å². The van der Waals surface area contributed by atoms with E-state index in [0.29, 0.717) is 17.2 Å². The lowest BCUT2D eigenvalue weighted by Crippen LogP contribution is -2.27. The van der Waals surface area contributed by atoms with Crippen molar-refractivity contribution < 1.29 is 24.2 Å². The van der Waals surface area contributed by atoms with Gasteiger partial charge in [-0.05, 0) is 60.2 Å². The second kappa shape index (κ2) is 8.09. The molecule has 1 fully saturated rings. The largest absolute Gasteiger partial charge is 0.489 e. The van der Waals surface area contributed by atoms with E-state index in [-0.39, 0.29) is 23.3 Å². The smallest absolute Gasteiger partial charge is 0.335 e. The topological polar surface area (TPSA) is 83.9 Å². The zero-order valence-corrected chi connectivity index (χ0v) is 15.4. The maximum atomic E-state index is 12.1. The molecular formula is C20H17NO5S. The summed E-state index contributed by atoms with van der Waals surface area (Å²) in [5, 5.41) is 8.76. The van der Waals surface area contributed by atoms with Gasteiger partial charge in [-0.25, -0.2) is 4.79 Å². The molecule has 1 aliphatic rings. The van der Waals surface area contributed by atoms with Gasteiger partial charge in [0.25, 0.3) is 11.1 Å². The fraction of sp³-hybridized carbons (Fsp3) is 0.150. The van der Waals surface area contributed by atoms with E-state index < -0.39 is 5.97 Å². The Hall–Kier alpha value is -3.06. The Labute approximate surface area is 160 Å². The molecule has 138 valence electrons. The molecule has 7 heteroatoms. The second-order valence-electron chi connectivity index (χ2n) is 5.79. The number of carboxylic acid groups (broad SMARTS) is 1. The van der Waals surface area contributed by atoms with Crippen LogP contribution in [0.2, 0.25) is 0 Å². The fourth-order valence-electron chi connectivity index (χ4n) is 2.55. The van der Waals surface area contributed by atoms with Crippen molar-refractivity contribution in [1.29, 1.82) is 0 Å². The van der Waals surface area contributed by atoms with Crippen LogP contribution >= 0.6 is 11.8 Å². The van der Waals surface area contributed by atoms with Crippen LogP contribution in [0, 0.1) is 0 Å². The highest BCUT2D eigenvalue weighted by Crippen LogP contribution is 2.32. The zero-order chi connectivity index (χ0) is 19.4. The predicted octanol–water partition coefficient (Wildman–Crippen LogP) is 4.02. The maximum Gasteiger partial charge on any atom is 0.335 e. The van der Waals surface area contributed by atoms with Crippen LogP contribution in [0.25, 0.3) is 6.08 Å². The SMILES string of the molecule is CCN1C(=O)SC(=Cc2ccc(OCc3cccc(C(=O)O)c3)cc2)C1=O. The van der Waals surface area contributed by atoms with Crippen molar-refractivity contribution in [3.8, 4) is 5.75 Å². The van der Waals surface area contributed by atoms with Gasteiger partial charge in [0.1, 0.15) is 12.4 Å². The maximum absolute atomic E-state index is 12.1. The average molecular weight is 383 g/mol. The first-order chi connectivity index (χ1) is 13.0. The van der Waals surface area contributed by atoms with Gasteiger partial charge in [-0.1, -0.05) is 24.3 Å². The van der Waals surface area contributed by atoms with Gasteiger partial charge in [-0.2, -0.15) is 0 Å². The lowest BCUT2D eigenvalue weighted by atomic mass is 10.1. The van der Waals surface area contributed by atoms with E-state index >= 15 is 0 Å². The number of carbonyl (C=O) groups excluding carboxylic acids is 2. The zero-order valence-electron chi connectivity index (χ0n) is 14.5. The molecule has 3 rings (SSSR count). The van der Waals surface area contributed by atoms with Crippen LogP contribution in [0.1, 0.15) is 28.4 Å². The number of benzene rings is 2. The van der Waals surface area contributed by atoms with Crippen molar-refractivity contribution >= 4 is 35.0 Å². The Balaban J connectivity index is 1.65. The molecule has 2 amide bonds. The molecule has 0 atom stereocenters. The van der Waals surface area contributed by atoms with Crippen LogP contribution in [-0.2, 0) is 11.4 Å². The van der Waals surface area contributed by atoms with E-state index in [1.165, 1.54) is 11.0 Å². The monoisotopic (exact) mass is 383 g/mol. The molecular weight excluding hydrogens is 366 g/mol. The molecule has 6 nitrogen and oxygen atoms in total. The van der Waals surface area contributed by atoms with Crippen molar-refractivity contribution in [3.63, 3.8) is 0 Å². The number of likely N-dealkylation sites (N-methyl/N-ethyl adjacent to an activating group) is 1. The summed E-state index contributed by atoms with van der Waals surface area (Å²) < 4.78 is 5.68. The Bertz CT molecular complexity index is 920. The minimum Gasteiger partial charge on any atom is -0.489 e. The molecule has 1 saturated heterocycles. The lowest BCUT2D eigenvalue weighted by molar-refractivity contribution is -0.122. The summed E-state index contributed by atoms with van der Waals surface area (Å²) in [6, 6.07) is 13.7. The summed E-state index contributed by atoms with van der Waals surface area (Å²) in [7, 11) is 0. The molecule has 1 N–H and O–H groups in total. The van der Waals surface area contributed by atoms with E-state index in [1.807, 2.05) is 0 Å². The van der Waals surface area contributed by atoms with Crippen molar-refractivity contribution in [1.82, 2.24) is 4.90 Å². The number of amides is 2. The van der Waals surface area contributed by atoms with Crippen LogP contribution in [0.4, 0.5) is 4.79 Å². The third kappa shape index (κ3) is 4.38. The first-order valence-electron chi connectivity index (χ1n) is 8.28. The van der Waals surface area contributed by atoms with Gasteiger partial charge in [-0.3, -0.25) is 14.5 Å². The third-order valence-corrected chi connectivity index (χ3v) is 4.85. The number of hydrogen-bond donors (Lipinski definition) is 1. The van der Waals surface area contributed by atoms with Gasteiger partial charge < -0.3 is 9.84 Å². The molecule has 1 aliphatic heterocycles. The number of carboxylic acids is 1. The highest BCUT2D eigenvalue weighted by Gasteiger charge is 2.33. The highest BCUT2D eigenvalue weighted by atomic mass is 32.2. The van der Waals surface area contributed by atoms with Crippen LogP contribution in [-0.4, -0.2) is 33.7 Å². The first-order valence-corrected chi connectivity index (χ1v) is 9.10. The van der Waals surface area contributed by atoms with Crippen LogP contribution < -0.4 is 4.74 Å². The molecule has 1 heterocycles. The number of nitrogens with zero attached hydrogens (tertiary/aromatic N) is 1. The van der Waals surface area contributed by atoms with Crippen LogP contribution in [0.5, 0.6) is 5.75 Å². The minimum atomic E-state index is -0.978. The molecule has 0 bridgehead atoms. The van der Waals surface area contributed by atoms with E-state index in [4.69, 9.17) is 9.84 Å². The molecule has 2 aromatic rings. The summed E-state index contributed by atoms with van der Waals surface area (Å²) in [5.41, 5.74) is 1.76. The minimum absolute atomic E-state index is 0.215. The average Bonchev–Trinajstić information content (AvgIpc) is 2.94. The quantitative estimate of drug-likeness (QED) is 0.759. The van der Waals surface area contributed by atoms with Gasteiger partial charge >= 0.3 is 5.97 Å². The number of carbonyl (C=O) groups is 3. The summed E-state index contributed by atoms with van der Waals surface area (Å²) in [6.07, 6.45) is 1.68. The van der Waals surface area contributed by atoms with Gasteiger partial charge in [0.05, 0.1) is 10.5 Å². The Morgan fingerprint density at radius 1 is 1.19 bits per heavy atom. The predicted molar refractivity (Wildman–Crippen MR) is 103 cm³/mol. The van der Waals surface area contributed by atoms with Crippen molar-refractivity contribution in [3.05, 3.63) is 70.1 Å². The number of hydrogen-bond acceptors (Lipinski definition) is 5. The molecule has 0 aromatic heterocycles. The van der Waals surface area contributed by atoms with Gasteiger partial charge in [0, 0.05) is 6.54 Å².